The molecule has 1 aliphatic heterocycles. The third-order valence-corrected chi connectivity index (χ3v) is 6.39. The summed E-state index contributed by atoms with van der Waals surface area (Å²) in [6, 6.07) is 15.2. The first-order valence-electron chi connectivity index (χ1n) is 12.0. The molecule has 0 saturated carbocycles. The number of hydrogen-bond acceptors (Lipinski definition) is 4. The Labute approximate surface area is 215 Å². The van der Waals surface area contributed by atoms with E-state index in [1.165, 1.54) is 0 Å². The lowest BCUT2D eigenvalue weighted by Gasteiger charge is -2.37. The normalized spacial score (nSPS) is 16.2. The van der Waals surface area contributed by atoms with E-state index in [0.717, 1.165) is 18.7 Å². The molecule has 1 fully saturated rings. The third-order valence-electron chi connectivity index (χ3n) is 6.39. The highest BCUT2D eigenvalue weighted by molar-refractivity contribution is 5.83. The Balaban J connectivity index is 1.48. The zero-order chi connectivity index (χ0) is 27.3. The van der Waals surface area contributed by atoms with E-state index in [4.69, 9.17) is 0 Å². The standard InChI is InChI=1S/C27H26F6N4O/c28-26(29,30)20-14-18(15-21(16-20)27(31,32)33)17-35-25(38)24(19-6-2-1-3-7-19)37-12-9-22(10-13-37)36-23-8-4-5-11-34-23/h1-8,11,14-16,22,24H,9-10,12-13,17H2,(H,34,36)(H,35,38). The maximum Gasteiger partial charge on any atom is 0.416 e. The van der Waals surface area contributed by atoms with Crippen LogP contribution < -0.4 is 10.6 Å². The highest BCUT2D eigenvalue weighted by Gasteiger charge is 2.37. The van der Waals surface area contributed by atoms with Gasteiger partial charge in [0.25, 0.3) is 0 Å². The largest absolute Gasteiger partial charge is 0.416 e. The van der Waals surface area contributed by atoms with Crippen LogP contribution in [0.4, 0.5) is 32.2 Å². The Kier molecular flexibility index (Phi) is 8.25. The van der Waals surface area contributed by atoms with Crippen LogP contribution in [0, 0.1) is 0 Å². The molecule has 1 amide bonds. The Morgan fingerprint density at radius 1 is 0.895 bits per heavy atom. The number of alkyl halides is 6. The first-order chi connectivity index (χ1) is 18.0. The minimum Gasteiger partial charge on any atom is -0.367 e. The summed E-state index contributed by atoms with van der Waals surface area (Å²) in [5.74, 6) is 0.251. The number of benzene rings is 2. The summed E-state index contributed by atoms with van der Waals surface area (Å²) in [6.07, 6.45) is -6.79. The molecule has 0 spiro atoms. The number of anilines is 1. The van der Waals surface area contributed by atoms with Crippen molar-refractivity contribution in [1.82, 2.24) is 15.2 Å². The molecule has 4 rings (SSSR count). The zero-order valence-corrected chi connectivity index (χ0v) is 20.2. The van der Waals surface area contributed by atoms with Crippen LogP contribution in [-0.4, -0.2) is 34.9 Å². The third kappa shape index (κ3) is 7.03. The maximum atomic E-state index is 13.3. The predicted octanol–water partition coefficient (Wildman–Crippen LogP) is 6.05. The average molecular weight is 537 g/mol. The maximum absolute atomic E-state index is 13.3. The fourth-order valence-corrected chi connectivity index (χ4v) is 4.53. The summed E-state index contributed by atoms with van der Waals surface area (Å²) in [7, 11) is 0. The molecular formula is C27H26F6N4O. The van der Waals surface area contributed by atoms with Crippen LogP contribution in [0.2, 0.25) is 0 Å². The van der Waals surface area contributed by atoms with Gasteiger partial charge < -0.3 is 10.6 Å². The molecule has 0 aliphatic carbocycles. The van der Waals surface area contributed by atoms with Crippen molar-refractivity contribution >= 4 is 11.7 Å². The Morgan fingerprint density at radius 3 is 2.05 bits per heavy atom. The topological polar surface area (TPSA) is 57.3 Å². The number of likely N-dealkylation sites (tertiary alicyclic amines) is 1. The molecule has 0 radical (unpaired) electrons. The summed E-state index contributed by atoms with van der Waals surface area (Å²) in [4.78, 5) is 19.6. The molecule has 0 bridgehead atoms. The van der Waals surface area contributed by atoms with Gasteiger partial charge in [0.1, 0.15) is 11.9 Å². The Morgan fingerprint density at radius 2 is 1.50 bits per heavy atom. The summed E-state index contributed by atoms with van der Waals surface area (Å²) < 4.78 is 79.4. The Bertz CT molecular complexity index is 1180. The number of halogens is 6. The number of amides is 1. The van der Waals surface area contributed by atoms with E-state index in [2.05, 4.69) is 15.6 Å². The van der Waals surface area contributed by atoms with Gasteiger partial charge in [0.05, 0.1) is 11.1 Å². The molecule has 2 aromatic carbocycles. The number of hydrogen-bond donors (Lipinski definition) is 2. The van der Waals surface area contributed by atoms with E-state index >= 15 is 0 Å². The number of carbonyl (C=O) groups is 1. The van der Waals surface area contributed by atoms with Gasteiger partial charge >= 0.3 is 12.4 Å². The number of nitrogens with zero attached hydrogens (tertiary/aromatic N) is 2. The lowest BCUT2D eigenvalue weighted by atomic mass is 9.98. The fourth-order valence-electron chi connectivity index (χ4n) is 4.53. The van der Waals surface area contributed by atoms with Gasteiger partial charge in [0.2, 0.25) is 5.91 Å². The molecule has 3 aromatic rings. The molecule has 2 heterocycles. The van der Waals surface area contributed by atoms with E-state index in [9.17, 15) is 31.1 Å². The average Bonchev–Trinajstić information content (AvgIpc) is 2.89. The molecule has 1 atom stereocenters. The van der Waals surface area contributed by atoms with Crippen molar-refractivity contribution in [3.8, 4) is 0 Å². The van der Waals surface area contributed by atoms with Gasteiger partial charge in [-0.1, -0.05) is 36.4 Å². The number of rotatable bonds is 7. The van der Waals surface area contributed by atoms with E-state index in [1.807, 2.05) is 23.1 Å². The molecule has 1 aliphatic rings. The highest BCUT2D eigenvalue weighted by atomic mass is 19.4. The van der Waals surface area contributed by atoms with Gasteiger partial charge in [-0.25, -0.2) is 4.98 Å². The number of pyridine rings is 1. The van der Waals surface area contributed by atoms with Crippen LogP contribution in [0.1, 0.15) is 41.1 Å². The zero-order valence-electron chi connectivity index (χ0n) is 20.2. The minimum absolute atomic E-state index is 0.0707. The first-order valence-corrected chi connectivity index (χ1v) is 12.0. The minimum atomic E-state index is -4.96. The van der Waals surface area contributed by atoms with Gasteiger partial charge in [-0.05, 0) is 54.3 Å². The van der Waals surface area contributed by atoms with Gasteiger partial charge in [0.15, 0.2) is 0 Å². The van der Waals surface area contributed by atoms with E-state index in [1.54, 1.807) is 36.5 Å². The van der Waals surface area contributed by atoms with Crippen LogP contribution in [0.15, 0.2) is 72.9 Å². The van der Waals surface area contributed by atoms with Crippen molar-refractivity contribution in [3.63, 3.8) is 0 Å². The Hall–Kier alpha value is -3.60. The molecule has 5 nitrogen and oxygen atoms in total. The fraction of sp³-hybridized carbons (Fsp3) is 0.333. The van der Waals surface area contributed by atoms with Gasteiger partial charge in [-0.15, -0.1) is 0 Å². The smallest absolute Gasteiger partial charge is 0.367 e. The summed E-state index contributed by atoms with van der Waals surface area (Å²) >= 11 is 0. The lowest BCUT2D eigenvalue weighted by Crippen LogP contribution is -2.46. The van der Waals surface area contributed by atoms with Gasteiger partial charge in [-0.3, -0.25) is 9.69 Å². The van der Waals surface area contributed by atoms with Gasteiger partial charge in [0, 0.05) is 31.9 Å². The van der Waals surface area contributed by atoms with E-state index < -0.39 is 42.0 Å². The molecule has 2 N–H and O–H groups in total. The monoisotopic (exact) mass is 536 g/mol. The number of nitrogens with one attached hydrogen (secondary N) is 2. The SMILES string of the molecule is O=C(NCc1cc(C(F)(F)F)cc(C(F)(F)F)c1)C(c1ccccc1)N1CCC(Nc2ccccn2)CC1. The van der Waals surface area contributed by atoms with Crippen molar-refractivity contribution in [2.45, 2.75) is 43.8 Å². The predicted molar refractivity (Wildman–Crippen MR) is 130 cm³/mol. The molecule has 1 aromatic heterocycles. The molecule has 202 valence electrons. The summed E-state index contributed by atoms with van der Waals surface area (Å²) in [6.45, 7) is 0.630. The van der Waals surface area contributed by atoms with Crippen LogP contribution in [0.25, 0.3) is 0 Å². The van der Waals surface area contributed by atoms with E-state index in [-0.39, 0.29) is 17.7 Å². The molecule has 38 heavy (non-hydrogen) atoms. The quantitative estimate of drug-likeness (QED) is 0.361. The van der Waals surface area contributed by atoms with Crippen molar-refractivity contribution in [2.75, 3.05) is 18.4 Å². The van der Waals surface area contributed by atoms with Crippen LogP contribution in [0.3, 0.4) is 0 Å². The van der Waals surface area contributed by atoms with Crippen LogP contribution in [-0.2, 0) is 23.7 Å². The van der Waals surface area contributed by atoms with Crippen molar-refractivity contribution in [2.24, 2.45) is 0 Å². The second-order valence-electron chi connectivity index (χ2n) is 9.11. The van der Waals surface area contributed by atoms with Crippen molar-refractivity contribution < 1.29 is 31.1 Å². The second kappa shape index (κ2) is 11.4. The number of carbonyl (C=O) groups excluding carboxylic acids is 1. The van der Waals surface area contributed by atoms with Crippen molar-refractivity contribution in [3.05, 3.63) is 95.2 Å². The van der Waals surface area contributed by atoms with Gasteiger partial charge in [-0.2, -0.15) is 26.3 Å². The molecule has 1 unspecified atom stereocenters. The molecular weight excluding hydrogens is 510 g/mol. The van der Waals surface area contributed by atoms with E-state index in [0.29, 0.717) is 30.8 Å². The lowest BCUT2D eigenvalue weighted by molar-refractivity contribution is -0.143. The number of piperidine rings is 1. The summed E-state index contributed by atoms with van der Waals surface area (Å²) in [5, 5.41) is 5.93. The van der Waals surface area contributed by atoms with Crippen LogP contribution >= 0.6 is 0 Å². The highest BCUT2D eigenvalue weighted by Crippen LogP contribution is 2.36. The first kappa shape index (κ1) is 27.4. The van der Waals surface area contributed by atoms with Crippen molar-refractivity contribution in [1.29, 1.82) is 0 Å². The number of aromatic nitrogens is 1. The van der Waals surface area contributed by atoms with Crippen LogP contribution in [0.5, 0.6) is 0 Å². The second-order valence-corrected chi connectivity index (χ2v) is 9.11. The molecule has 1 saturated heterocycles. The summed E-state index contributed by atoms with van der Waals surface area (Å²) in [5.41, 5.74) is -2.44. The molecule has 11 heteroatoms.